The average Bonchev–Trinajstić information content (AvgIpc) is 3.52. The molecule has 0 aliphatic carbocycles. The molecule has 8 nitrogen and oxygen atoms in total. The minimum atomic E-state index is -0.241. The molecule has 0 radical (unpaired) electrons. The summed E-state index contributed by atoms with van der Waals surface area (Å²) in [5.41, 5.74) is 1.70. The summed E-state index contributed by atoms with van der Waals surface area (Å²) in [7, 11) is 1.55. The van der Waals surface area contributed by atoms with Crippen molar-refractivity contribution in [1.82, 2.24) is 14.9 Å². The second kappa shape index (κ2) is 7.98. The molecule has 0 atom stereocenters. The van der Waals surface area contributed by atoms with Crippen molar-refractivity contribution >= 4 is 39.1 Å². The number of carbonyl (C=O) groups is 1. The van der Waals surface area contributed by atoms with E-state index in [0.29, 0.717) is 51.7 Å². The fourth-order valence-electron chi connectivity index (χ4n) is 4.10. The highest BCUT2D eigenvalue weighted by Crippen LogP contribution is 2.42. The molecule has 5 rings (SSSR count). The Morgan fingerprint density at radius 1 is 1.25 bits per heavy atom. The van der Waals surface area contributed by atoms with E-state index in [1.54, 1.807) is 30.2 Å². The van der Waals surface area contributed by atoms with Gasteiger partial charge in [0.25, 0.3) is 11.5 Å². The second-order valence-electron chi connectivity index (χ2n) is 7.89. The molecule has 0 unspecified atom stereocenters. The summed E-state index contributed by atoms with van der Waals surface area (Å²) < 4.78 is 16.4. The topological polar surface area (TPSA) is 93.8 Å². The second-order valence-corrected chi connectivity index (χ2v) is 9.10. The van der Waals surface area contributed by atoms with Gasteiger partial charge in [-0.3, -0.25) is 9.59 Å². The standard InChI is InChI=1S/C23H23N3O5S/c1-12-13(2)32-22-18(12)21(27)24-20(25-22)15(23(28)26-6-4-5-7-26)8-14-9-16(29-3)19-17(10-14)30-11-31-19/h8-10H,4-7,11H2,1-3H3,(H,24,25,27). The maximum absolute atomic E-state index is 13.5. The van der Waals surface area contributed by atoms with Crippen LogP contribution in [0.3, 0.4) is 0 Å². The number of likely N-dealkylation sites (tertiary alicyclic amines) is 1. The molecular formula is C23H23N3O5S. The molecule has 1 fully saturated rings. The molecule has 4 heterocycles. The molecule has 1 aromatic carbocycles. The van der Waals surface area contributed by atoms with Gasteiger partial charge in [0.05, 0.1) is 18.1 Å². The zero-order chi connectivity index (χ0) is 22.4. The lowest BCUT2D eigenvalue weighted by Gasteiger charge is -2.17. The molecule has 2 aliphatic rings. The normalized spacial score (nSPS) is 15.6. The number of ether oxygens (including phenoxy) is 3. The number of nitrogens with zero attached hydrogens (tertiary/aromatic N) is 2. The zero-order valence-corrected chi connectivity index (χ0v) is 18.9. The van der Waals surface area contributed by atoms with Gasteiger partial charge >= 0.3 is 0 Å². The number of rotatable bonds is 4. The number of amides is 1. The van der Waals surface area contributed by atoms with E-state index < -0.39 is 0 Å². The molecule has 3 aromatic rings. The number of aromatic nitrogens is 2. The Kier molecular flexibility index (Phi) is 5.13. The molecule has 1 amide bonds. The molecule has 0 bridgehead atoms. The molecule has 32 heavy (non-hydrogen) atoms. The van der Waals surface area contributed by atoms with E-state index in [2.05, 4.69) is 9.97 Å². The first kappa shape index (κ1) is 20.6. The van der Waals surface area contributed by atoms with Crippen LogP contribution in [0.25, 0.3) is 21.9 Å². The highest BCUT2D eigenvalue weighted by molar-refractivity contribution is 7.18. The Morgan fingerprint density at radius 3 is 2.78 bits per heavy atom. The van der Waals surface area contributed by atoms with Crippen molar-refractivity contribution in [2.24, 2.45) is 0 Å². The van der Waals surface area contributed by atoms with Crippen LogP contribution < -0.4 is 19.8 Å². The molecule has 1 N–H and O–H groups in total. The number of hydrogen-bond acceptors (Lipinski definition) is 7. The van der Waals surface area contributed by atoms with E-state index in [1.165, 1.54) is 11.3 Å². The van der Waals surface area contributed by atoms with Gasteiger partial charge in [-0.1, -0.05) is 0 Å². The molecular weight excluding hydrogens is 430 g/mol. The maximum Gasteiger partial charge on any atom is 0.260 e. The summed E-state index contributed by atoms with van der Waals surface area (Å²) in [5.74, 6) is 1.70. The predicted octanol–water partition coefficient (Wildman–Crippen LogP) is 3.50. The van der Waals surface area contributed by atoms with Gasteiger partial charge in [-0.05, 0) is 56.0 Å². The largest absolute Gasteiger partial charge is 0.493 e. The molecule has 0 spiro atoms. The van der Waals surface area contributed by atoms with Gasteiger partial charge in [0.2, 0.25) is 12.5 Å². The fraction of sp³-hybridized carbons (Fsp3) is 0.348. The molecule has 9 heteroatoms. The van der Waals surface area contributed by atoms with Gasteiger partial charge in [-0.15, -0.1) is 11.3 Å². The van der Waals surface area contributed by atoms with Crippen LogP contribution in [-0.4, -0.2) is 47.8 Å². The van der Waals surface area contributed by atoms with E-state index in [4.69, 9.17) is 14.2 Å². The van der Waals surface area contributed by atoms with Gasteiger partial charge in [0.1, 0.15) is 10.7 Å². The molecule has 1 saturated heterocycles. The van der Waals surface area contributed by atoms with Crippen LogP contribution >= 0.6 is 11.3 Å². The molecule has 2 aliphatic heterocycles. The number of aromatic amines is 1. The average molecular weight is 454 g/mol. The summed E-state index contributed by atoms with van der Waals surface area (Å²) in [4.78, 5) is 37.3. The van der Waals surface area contributed by atoms with Gasteiger partial charge < -0.3 is 24.1 Å². The van der Waals surface area contributed by atoms with Crippen molar-refractivity contribution in [3.8, 4) is 17.2 Å². The maximum atomic E-state index is 13.5. The first-order valence-electron chi connectivity index (χ1n) is 10.4. The molecule has 166 valence electrons. The third-order valence-electron chi connectivity index (χ3n) is 5.91. The van der Waals surface area contributed by atoms with Crippen LogP contribution in [0.15, 0.2) is 16.9 Å². The monoisotopic (exact) mass is 453 g/mol. The smallest absolute Gasteiger partial charge is 0.260 e. The van der Waals surface area contributed by atoms with E-state index >= 15 is 0 Å². The number of fused-ring (bicyclic) bond motifs is 2. The van der Waals surface area contributed by atoms with Crippen LogP contribution in [0, 0.1) is 13.8 Å². The number of methoxy groups -OCH3 is 1. The first-order valence-corrected chi connectivity index (χ1v) is 11.3. The third-order valence-corrected chi connectivity index (χ3v) is 7.01. The number of aryl methyl sites for hydroxylation is 2. The van der Waals surface area contributed by atoms with E-state index in [-0.39, 0.29) is 24.1 Å². The lowest BCUT2D eigenvalue weighted by molar-refractivity contribution is -0.123. The quantitative estimate of drug-likeness (QED) is 0.608. The number of benzene rings is 1. The van der Waals surface area contributed by atoms with E-state index in [1.807, 2.05) is 13.8 Å². The number of nitrogens with one attached hydrogen (secondary N) is 1. The van der Waals surface area contributed by atoms with Gasteiger partial charge in [-0.25, -0.2) is 4.98 Å². The van der Waals surface area contributed by atoms with E-state index in [9.17, 15) is 9.59 Å². The van der Waals surface area contributed by atoms with Crippen molar-refractivity contribution in [1.29, 1.82) is 0 Å². The van der Waals surface area contributed by atoms with Gasteiger partial charge in [0.15, 0.2) is 11.5 Å². The highest BCUT2D eigenvalue weighted by Gasteiger charge is 2.26. The number of carbonyl (C=O) groups excluding carboxylic acids is 1. The Hall–Kier alpha value is -3.33. The van der Waals surface area contributed by atoms with Crippen molar-refractivity contribution in [2.75, 3.05) is 27.0 Å². The summed E-state index contributed by atoms with van der Waals surface area (Å²) in [6, 6.07) is 3.57. The minimum absolute atomic E-state index is 0.112. The molecule has 0 saturated carbocycles. The SMILES string of the molecule is COc1cc(C=C(C(=O)N2CCCC2)c2nc3sc(C)c(C)c3c(=O)[nH]2)cc2c1OCO2. The summed E-state index contributed by atoms with van der Waals surface area (Å²) in [6.07, 6.45) is 3.65. The summed E-state index contributed by atoms with van der Waals surface area (Å²) in [5, 5.41) is 0.578. The van der Waals surface area contributed by atoms with Crippen LogP contribution in [0.1, 0.15) is 34.7 Å². The van der Waals surface area contributed by atoms with Crippen molar-refractivity contribution < 1.29 is 19.0 Å². The molecule has 2 aromatic heterocycles. The van der Waals surface area contributed by atoms with Crippen molar-refractivity contribution in [3.63, 3.8) is 0 Å². The van der Waals surface area contributed by atoms with E-state index in [0.717, 1.165) is 23.3 Å². The first-order chi connectivity index (χ1) is 15.5. The highest BCUT2D eigenvalue weighted by atomic mass is 32.1. The minimum Gasteiger partial charge on any atom is -0.493 e. The van der Waals surface area contributed by atoms with Gasteiger partial charge in [-0.2, -0.15) is 0 Å². The number of thiophene rings is 1. The van der Waals surface area contributed by atoms with Crippen LogP contribution in [0.4, 0.5) is 0 Å². The van der Waals surface area contributed by atoms with Crippen molar-refractivity contribution in [2.45, 2.75) is 26.7 Å². The third kappa shape index (κ3) is 3.42. The lowest BCUT2D eigenvalue weighted by atomic mass is 10.1. The Bertz CT molecular complexity index is 1320. The van der Waals surface area contributed by atoms with Crippen LogP contribution in [-0.2, 0) is 4.79 Å². The number of hydrogen-bond donors (Lipinski definition) is 1. The van der Waals surface area contributed by atoms with Crippen molar-refractivity contribution in [3.05, 3.63) is 44.3 Å². The zero-order valence-electron chi connectivity index (χ0n) is 18.1. The predicted molar refractivity (Wildman–Crippen MR) is 123 cm³/mol. The van der Waals surface area contributed by atoms with Crippen LogP contribution in [0.5, 0.6) is 17.2 Å². The van der Waals surface area contributed by atoms with Crippen LogP contribution in [0.2, 0.25) is 0 Å². The Labute approximate surface area is 188 Å². The summed E-state index contributed by atoms with van der Waals surface area (Å²) >= 11 is 1.46. The Balaban J connectivity index is 1.68. The number of H-pyrrole nitrogens is 1. The Morgan fingerprint density at radius 2 is 2.03 bits per heavy atom. The lowest BCUT2D eigenvalue weighted by Crippen LogP contribution is -2.29. The van der Waals surface area contributed by atoms with Gasteiger partial charge in [0, 0.05) is 18.0 Å². The summed E-state index contributed by atoms with van der Waals surface area (Å²) in [6.45, 7) is 5.36. The fourth-order valence-corrected chi connectivity index (χ4v) is 5.13.